The molecule has 4 N–H and O–H groups in total. The Labute approximate surface area is 166 Å². The molecule has 0 saturated heterocycles. The van der Waals surface area contributed by atoms with E-state index in [1.165, 1.54) is 7.11 Å². The van der Waals surface area contributed by atoms with Crippen molar-refractivity contribution in [2.75, 3.05) is 25.2 Å². The molecule has 0 unspecified atom stereocenters. The lowest BCUT2D eigenvalue weighted by atomic mass is 10.1. The Bertz CT molecular complexity index is 1200. The highest BCUT2D eigenvalue weighted by atomic mass is 16.5. The monoisotopic (exact) mass is 389 g/mol. The van der Waals surface area contributed by atoms with Crippen molar-refractivity contribution in [1.29, 1.82) is 0 Å². The minimum Gasteiger partial charge on any atom is -0.495 e. The van der Waals surface area contributed by atoms with Gasteiger partial charge < -0.3 is 21.1 Å². The van der Waals surface area contributed by atoms with Crippen LogP contribution in [0.2, 0.25) is 0 Å². The van der Waals surface area contributed by atoms with Gasteiger partial charge in [0.1, 0.15) is 5.75 Å². The zero-order valence-electron chi connectivity index (χ0n) is 15.9. The van der Waals surface area contributed by atoms with Crippen molar-refractivity contribution >= 4 is 34.3 Å². The second-order valence-corrected chi connectivity index (χ2v) is 6.24. The molecule has 0 radical (unpaired) electrons. The average molecular weight is 389 g/mol. The minimum atomic E-state index is -0.196. The number of fused-ring (bicyclic) bond motifs is 1. The molecular formula is C20H19N7O2. The Balaban J connectivity index is 1.70. The molecule has 0 aliphatic heterocycles. The van der Waals surface area contributed by atoms with E-state index in [0.717, 1.165) is 11.1 Å². The van der Waals surface area contributed by atoms with Crippen molar-refractivity contribution in [1.82, 2.24) is 25.1 Å². The van der Waals surface area contributed by atoms with Gasteiger partial charge in [-0.05, 0) is 36.4 Å². The Kier molecular flexibility index (Phi) is 4.70. The molecule has 0 aliphatic rings. The number of aromatic nitrogens is 4. The summed E-state index contributed by atoms with van der Waals surface area (Å²) in [5.74, 6) is 0.673. The molecule has 2 heterocycles. The maximum absolute atomic E-state index is 11.8. The SMILES string of the molecule is CNC(=O)c1ccc(Nc2ncc3cnn(-c4cccc(N)c4)c3n2)c(OC)c1. The normalized spacial score (nSPS) is 10.7. The van der Waals surface area contributed by atoms with Gasteiger partial charge in [-0.1, -0.05) is 6.07 Å². The number of nitrogens with two attached hydrogens (primary N) is 1. The van der Waals surface area contributed by atoms with Crippen LogP contribution in [-0.4, -0.2) is 39.8 Å². The molecule has 146 valence electrons. The van der Waals surface area contributed by atoms with E-state index < -0.39 is 0 Å². The van der Waals surface area contributed by atoms with Crippen molar-refractivity contribution < 1.29 is 9.53 Å². The van der Waals surface area contributed by atoms with E-state index in [2.05, 4.69) is 25.7 Å². The van der Waals surface area contributed by atoms with Crippen LogP contribution < -0.4 is 21.1 Å². The number of benzene rings is 2. The summed E-state index contributed by atoms with van der Waals surface area (Å²) in [5.41, 5.74) is 9.09. The van der Waals surface area contributed by atoms with Crippen LogP contribution in [-0.2, 0) is 0 Å². The zero-order chi connectivity index (χ0) is 20.4. The predicted molar refractivity (Wildman–Crippen MR) is 111 cm³/mol. The van der Waals surface area contributed by atoms with E-state index in [9.17, 15) is 4.79 Å². The Morgan fingerprint density at radius 3 is 2.79 bits per heavy atom. The number of carbonyl (C=O) groups is 1. The molecule has 0 spiro atoms. The summed E-state index contributed by atoms with van der Waals surface area (Å²) < 4.78 is 7.10. The van der Waals surface area contributed by atoms with Crippen LogP contribution in [0.5, 0.6) is 5.75 Å². The predicted octanol–water partition coefficient (Wildman–Crippen LogP) is 2.51. The highest BCUT2D eigenvalue weighted by molar-refractivity contribution is 5.95. The topological polar surface area (TPSA) is 120 Å². The number of nitrogen functional groups attached to an aromatic ring is 1. The van der Waals surface area contributed by atoms with E-state index in [4.69, 9.17) is 10.5 Å². The lowest BCUT2D eigenvalue weighted by molar-refractivity contribution is 0.0963. The largest absolute Gasteiger partial charge is 0.495 e. The Hall–Kier alpha value is -4.14. The number of carbonyl (C=O) groups excluding carboxylic acids is 1. The smallest absolute Gasteiger partial charge is 0.251 e. The van der Waals surface area contributed by atoms with E-state index >= 15 is 0 Å². The molecule has 9 nitrogen and oxygen atoms in total. The number of nitrogens with one attached hydrogen (secondary N) is 2. The number of rotatable bonds is 5. The molecule has 0 fully saturated rings. The van der Waals surface area contributed by atoms with Crippen molar-refractivity contribution in [3.05, 3.63) is 60.4 Å². The summed E-state index contributed by atoms with van der Waals surface area (Å²) >= 11 is 0. The molecule has 2 aromatic carbocycles. The number of hydrogen-bond donors (Lipinski definition) is 3. The molecule has 0 aliphatic carbocycles. The first-order valence-corrected chi connectivity index (χ1v) is 8.83. The second kappa shape index (κ2) is 7.47. The minimum absolute atomic E-state index is 0.196. The highest BCUT2D eigenvalue weighted by Gasteiger charge is 2.12. The number of anilines is 3. The zero-order valence-corrected chi connectivity index (χ0v) is 15.9. The fourth-order valence-electron chi connectivity index (χ4n) is 2.92. The highest BCUT2D eigenvalue weighted by Crippen LogP contribution is 2.28. The van der Waals surface area contributed by atoms with Crippen molar-refractivity contribution in [2.24, 2.45) is 0 Å². The third-order valence-electron chi connectivity index (χ3n) is 4.36. The van der Waals surface area contributed by atoms with Crippen molar-refractivity contribution in [3.8, 4) is 11.4 Å². The van der Waals surface area contributed by atoms with E-state index in [-0.39, 0.29) is 5.91 Å². The van der Waals surface area contributed by atoms with Gasteiger partial charge in [0.25, 0.3) is 5.91 Å². The standard InChI is InChI=1S/C20H19N7O2/c1-22-19(28)12-6-7-16(17(8-12)29-2)25-20-23-10-13-11-24-27(18(13)26-20)15-5-3-4-14(21)9-15/h3-11H,21H2,1-2H3,(H,22,28)(H,23,25,26). The van der Waals surface area contributed by atoms with Gasteiger partial charge in [0, 0.05) is 24.5 Å². The van der Waals surface area contributed by atoms with Gasteiger partial charge in [0.05, 0.1) is 30.1 Å². The molecule has 0 atom stereocenters. The van der Waals surface area contributed by atoms with Crippen LogP contribution in [0.4, 0.5) is 17.3 Å². The number of hydrogen-bond acceptors (Lipinski definition) is 7. The van der Waals surface area contributed by atoms with Crippen LogP contribution >= 0.6 is 0 Å². The number of nitrogens with zero attached hydrogens (tertiary/aromatic N) is 4. The van der Waals surface area contributed by atoms with Crippen LogP contribution in [0.3, 0.4) is 0 Å². The van der Waals surface area contributed by atoms with Gasteiger partial charge in [0.2, 0.25) is 5.95 Å². The molecule has 1 amide bonds. The first-order chi connectivity index (χ1) is 14.1. The molecule has 0 bridgehead atoms. The fourth-order valence-corrected chi connectivity index (χ4v) is 2.92. The third-order valence-corrected chi connectivity index (χ3v) is 4.36. The molecule has 0 saturated carbocycles. The number of ether oxygens (including phenoxy) is 1. The van der Waals surface area contributed by atoms with E-state index in [1.807, 2.05) is 24.3 Å². The molecule has 4 aromatic rings. The van der Waals surface area contributed by atoms with E-state index in [0.29, 0.717) is 34.3 Å². The summed E-state index contributed by atoms with van der Waals surface area (Å²) in [6.45, 7) is 0. The van der Waals surface area contributed by atoms with Crippen molar-refractivity contribution in [2.45, 2.75) is 0 Å². The van der Waals surface area contributed by atoms with Gasteiger partial charge in [-0.3, -0.25) is 4.79 Å². The summed E-state index contributed by atoms with van der Waals surface area (Å²) in [4.78, 5) is 20.8. The first kappa shape index (κ1) is 18.2. The summed E-state index contributed by atoms with van der Waals surface area (Å²) in [7, 11) is 3.11. The van der Waals surface area contributed by atoms with Gasteiger partial charge in [0.15, 0.2) is 5.65 Å². The van der Waals surface area contributed by atoms with Crippen molar-refractivity contribution in [3.63, 3.8) is 0 Å². The quantitative estimate of drug-likeness (QED) is 0.449. The molecule has 4 rings (SSSR count). The first-order valence-electron chi connectivity index (χ1n) is 8.83. The Morgan fingerprint density at radius 1 is 1.17 bits per heavy atom. The van der Waals surface area contributed by atoms with Gasteiger partial charge in [-0.15, -0.1) is 0 Å². The van der Waals surface area contributed by atoms with Gasteiger partial charge >= 0.3 is 0 Å². The fraction of sp³-hybridized carbons (Fsp3) is 0.100. The van der Waals surface area contributed by atoms with E-state index in [1.54, 1.807) is 42.3 Å². The molecular weight excluding hydrogens is 370 g/mol. The number of amides is 1. The third kappa shape index (κ3) is 3.53. The molecule has 9 heteroatoms. The van der Waals surface area contributed by atoms with Gasteiger partial charge in [-0.25, -0.2) is 9.67 Å². The lowest BCUT2D eigenvalue weighted by Gasteiger charge is -2.12. The summed E-state index contributed by atoms with van der Waals surface area (Å²) in [6, 6.07) is 12.5. The number of methoxy groups -OCH3 is 1. The maximum atomic E-state index is 11.8. The van der Waals surface area contributed by atoms with Crippen LogP contribution in [0.15, 0.2) is 54.9 Å². The lowest BCUT2D eigenvalue weighted by Crippen LogP contribution is -2.17. The van der Waals surface area contributed by atoms with Crippen LogP contribution in [0.25, 0.3) is 16.7 Å². The molecule has 2 aromatic heterocycles. The summed E-state index contributed by atoms with van der Waals surface area (Å²) in [5, 5.41) is 10.9. The molecule has 29 heavy (non-hydrogen) atoms. The maximum Gasteiger partial charge on any atom is 0.251 e. The Morgan fingerprint density at radius 2 is 2.03 bits per heavy atom. The average Bonchev–Trinajstić information content (AvgIpc) is 3.16. The van der Waals surface area contributed by atoms with Crippen LogP contribution in [0.1, 0.15) is 10.4 Å². The van der Waals surface area contributed by atoms with Crippen LogP contribution in [0, 0.1) is 0 Å². The van der Waals surface area contributed by atoms with Gasteiger partial charge in [-0.2, -0.15) is 10.1 Å². The summed E-state index contributed by atoms with van der Waals surface area (Å²) in [6.07, 6.45) is 3.38. The second-order valence-electron chi connectivity index (χ2n) is 6.24.